The second-order valence-electron chi connectivity index (χ2n) is 3.71. The molecule has 0 aliphatic heterocycles. The molecule has 0 bridgehead atoms. The molecule has 0 aliphatic rings. The van der Waals surface area contributed by atoms with Gasteiger partial charge in [-0.3, -0.25) is 0 Å². The van der Waals surface area contributed by atoms with Gasteiger partial charge in [0.2, 0.25) is 0 Å². The molecule has 0 N–H and O–H groups in total. The average molecular weight is 308 g/mol. The van der Waals surface area contributed by atoms with Crippen molar-refractivity contribution in [1.29, 1.82) is 5.26 Å². The third kappa shape index (κ3) is 4.72. The van der Waals surface area contributed by atoms with E-state index < -0.39 is 5.97 Å². The number of nitriles is 1. The van der Waals surface area contributed by atoms with Crippen LogP contribution in [0.4, 0.5) is 0 Å². The minimum atomic E-state index is -0.561. The van der Waals surface area contributed by atoms with E-state index in [4.69, 9.17) is 10.00 Å². The van der Waals surface area contributed by atoms with Crippen LogP contribution in [0, 0.1) is 11.3 Å². The highest BCUT2D eigenvalue weighted by Gasteiger charge is 2.10. The maximum Gasteiger partial charge on any atom is 0.348 e. The quantitative estimate of drug-likeness (QED) is 0.361. The molecule has 1 aromatic carbocycles. The molecule has 1 rings (SSSR count). The standard InChI is InChI=1S/C14H14BrNO2/c1-2-3-8-18-14(17)12(10-16)9-11-4-6-13(15)7-5-11/h4-7,9H,2-3,8H2,1H3/b12-9-. The third-order valence-electron chi connectivity index (χ3n) is 2.25. The van der Waals surface area contributed by atoms with Crippen LogP contribution in [0.1, 0.15) is 25.3 Å². The molecule has 0 radical (unpaired) electrons. The fourth-order valence-corrected chi connectivity index (χ4v) is 1.51. The van der Waals surface area contributed by atoms with E-state index in [1.165, 1.54) is 6.08 Å². The van der Waals surface area contributed by atoms with Gasteiger partial charge in [-0.25, -0.2) is 4.79 Å². The average Bonchev–Trinajstić information content (AvgIpc) is 2.38. The predicted octanol–water partition coefficient (Wildman–Crippen LogP) is 3.70. The van der Waals surface area contributed by atoms with Crippen molar-refractivity contribution in [2.45, 2.75) is 19.8 Å². The Bertz CT molecular complexity index is 472. The maximum atomic E-state index is 11.6. The van der Waals surface area contributed by atoms with Crippen molar-refractivity contribution >= 4 is 28.0 Å². The molecule has 0 saturated carbocycles. The van der Waals surface area contributed by atoms with Crippen LogP contribution in [-0.4, -0.2) is 12.6 Å². The highest BCUT2D eigenvalue weighted by atomic mass is 79.9. The van der Waals surface area contributed by atoms with E-state index in [2.05, 4.69) is 15.9 Å². The van der Waals surface area contributed by atoms with Gasteiger partial charge in [-0.05, 0) is 30.2 Å². The predicted molar refractivity (Wildman–Crippen MR) is 73.6 cm³/mol. The third-order valence-corrected chi connectivity index (χ3v) is 2.78. The van der Waals surface area contributed by atoms with Crippen LogP contribution < -0.4 is 0 Å². The van der Waals surface area contributed by atoms with E-state index in [-0.39, 0.29) is 5.57 Å². The Balaban J connectivity index is 2.74. The van der Waals surface area contributed by atoms with Crippen molar-refractivity contribution in [2.75, 3.05) is 6.61 Å². The summed E-state index contributed by atoms with van der Waals surface area (Å²) in [7, 11) is 0. The van der Waals surface area contributed by atoms with Crippen molar-refractivity contribution < 1.29 is 9.53 Å². The summed E-state index contributed by atoms with van der Waals surface area (Å²) in [6, 6.07) is 9.21. The zero-order valence-electron chi connectivity index (χ0n) is 10.1. The summed E-state index contributed by atoms with van der Waals surface area (Å²) in [5.74, 6) is -0.561. The summed E-state index contributed by atoms with van der Waals surface area (Å²) in [6.45, 7) is 2.37. The van der Waals surface area contributed by atoms with Gasteiger partial charge in [0.15, 0.2) is 0 Å². The Kier molecular flexibility index (Phi) is 6.16. The van der Waals surface area contributed by atoms with Crippen LogP contribution in [0.2, 0.25) is 0 Å². The van der Waals surface area contributed by atoms with Crippen molar-refractivity contribution in [2.24, 2.45) is 0 Å². The summed E-state index contributed by atoms with van der Waals surface area (Å²) in [6.07, 6.45) is 3.29. The number of carbonyl (C=O) groups is 1. The minimum absolute atomic E-state index is 0.0217. The lowest BCUT2D eigenvalue weighted by Gasteiger charge is -2.02. The lowest BCUT2D eigenvalue weighted by Crippen LogP contribution is -2.07. The topological polar surface area (TPSA) is 50.1 Å². The van der Waals surface area contributed by atoms with Crippen LogP contribution >= 0.6 is 15.9 Å². The number of carbonyl (C=O) groups excluding carboxylic acids is 1. The number of rotatable bonds is 5. The number of hydrogen-bond acceptors (Lipinski definition) is 3. The first-order valence-electron chi connectivity index (χ1n) is 5.72. The van der Waals surface area contributed by atoms with E-state index in [1.807, 2.05) is 37.3 Å². The van der Waals surface area contributed by atoms with Crippen LogP contribution in [0.3, 0.4) is 0 Å². The normalized spacial score (nSPS) is 10.8. The number of ether oxygens (including phenoxy) is 1. The Morgan fingerprint density at radius 2 is 2.11 bits per heavy atom. The zero-order chi connectivity index (χ0) is 13.4. The summed E-state index contributed by atoms with van der Waals surface area (Å²) >= 11 is 3.32. The van der Waals surface area contributed by atoms with E-state index in [1.54, 1.807) is 0 Å². The van der Waals surface area contributed by atoms with Crippen molar-refractivity contribution in [3.8, 4) is 6.07 Å². The summed E-state index contributed by atoms with van der Waals surface area (Å²) in [5, 5.41) is 8.94. The number of unbranched alkanes of at least 4 members (excludes halogenated alkanes) is 1. The molecule has 0 unspecified atom stereocenters. The Labute approximate surface area is 115 Å². The second kappa shape index (κ2) is 7.67. The first kappa shape index (κ1) is 14.5. The summed E-state index contributed by atoms with van der Waals surface area (Å²) < 4.78 is 5.94. The largest absolute Gasteiger partial charge is 0.462 e. The smallest absolute Gasteiger partial charge is 0.348 e. The molecule has 18 heavy (non-hydrogen) atoms. The van der Waals surface area contributed by atoms with Gasteiger partial charge in [0, 0.05) is 4.47 Å². The summed E-state index contributed by atoms with van der Waals surface area (Å²) in [5.41, 5.74) is 0.815. The van der Waals surface area contributed by atoms with Crippen LogP contribution in [0.5, 0.6) is 0 Å². The van der Waals surface area contributed by atoms with Crippen molar-refractivity contribution in [3.05, 3.63) is 39.9 Å². The monoisotopic (exact) mass is 307 g/mol. The Morgan fingerprint density at radius 3 is 2.67 bits per heavy atom. The molecule has 0 aliphatic carbocycles. The molecule has 3 nitrogen and oxygen atoms in total. The SMILES string of the molecule is CCCCOC(=O)/C(C#N)=C\c1ccc(Br)cc1. The molecule has 0 aromatic heterocycles. The molecule has 0 amide bonds. The highest BCUT2D eigenvalue weighted by Crippen LogP contribution is 2.13. The van der Waals surface area contributed by atoms with Gasteiger partial charge in [0.1, 0.15) is 11.6 Å². The molecule has 0 heterocycles. The van der Waals surface area contributed by atoms with E-state index in [9.17, 15) is 4.79 Å². The number of hydrogen-bond donors (Lipinski definition) is 0. The summed E-state index contributed by atoms with van der Waals surface area (Å²) in [4.78, 5) is 11.6. The van der Waals surface area contributed by atoms with Crippen LogP contribution in [0.25, 0.3) is 6.08 Å². The van der Waals surface area contributed by atoms with Gasteiger partial charge in [0.25, 0.3) is 0 Å². The number of benzene rings is 1. The minimum Gasteiger partial charge on any atom is -0.462 e. The highest BCUT2D eigenvalue weighted by molar-refractivity contribution is 9.10. The zero-order valence-corrected chi connectivity index (χ0v) is 11.7. The molecule has 1 aromatic rings. The maximum absolute atomic E-state index is 11.6. The van der Waals surface area contributed by atoms with Gasteiger partial charge in [-0.1, -0.05) is 41.4 Å². The van der Waals surface area contributed by atoms with Crippen LogP contribution in [-0.2, 0) is 9.53 Å². The Morgan fingerprint density at radius 1 is 1.44 bits per heavy atom. The second-order valence-corrected chi connectivity index (χ2v) is 4.63. The number of halogens is 1. The van der Waals surface area contributed by atoms with Gasteiger partial charge < -0.3 is 4.74 Å². The van der Waals surface area contributed by atoms with E-state index in [0.29, 0.717) is 6.61 Å². The lowest BCUT2D eigenvalue weighted by molar-refractivity contribution is -0.138. The molecule has 94 valence electrons. The molecule has 0 fully saturated rings. The molecule has 4 heteroatoms. The van der Waals surface area contributed by atoms with Gasteiger partial charge >= 0.3 is 5.97 Å². The van der Waals surface area contributed by atoms with E-state index >= 15 is 0 Å². The molecular formula is C14H14BrNO2. The van der Waals surface area contributed by atoms with Crippen molar-refractivity contribution in [1.82, 2.24) is 0 Å². The van der Waals surface area contributed by atoms with Crippen LogP contribution in [0.15, 0.2) is 34.3 Å². The van der Waals surface area contributed by atoms with Gasteiger partial charge in [-0.2, -0.15) is 5.26 Å². The van der Waals surface area contributed by atoms with Crippen molar-refractivity contribution in [3.63, 3.8) is 0 Å². The molecule has 0 spiro atoms. The first-order chi connectivity index (χ1) is 8.67. The first-order valence-corrected chi connectivity index (χ1v) is 6.51. The lowest BCUT2D eigenvalue weighted by atomic mass is 10.1. The van der Waals surface area contributed by atoms with E-state index in [0.717, 1.165) is 22.9 Å². The number of esters is 1. The molecule has 0 saturated heterocycles. The fraction of sp³-hybridized carbons (Fsp3) is 0.286. The fourth-order valence-electron chi connectivity index (χ4n) is 1.25. The Hall–Kier alpha value is -1.60. The number of nitrogens with zero attached hydrogens (tertiary/aromatic N) is 1. The molecule has 0 atom stereocenters. The molecular weight excluding hydrogens is 294 g/mol. The van der Waals surface area contributed by atoms with Gasteiger partial charge in [-0.15, -0.1) is 0 Å². The van der Waals surface area contributed by atoms with Gasteiger partial charge in [0.05, 0.1) is 6.61 Å².